The van der Waals surface area contributed by atoms with Crippen molar-refractivity contribution in [2.45, 2.75) is 42.7 Å². The quantitative estimate of drug-likeness (QED) is 0.332. The van der Waals surface area contributed by atoms with Gasteiger partial charge >= 0.3 is 6.18 Å². The number of fused-ring (bicyclic) bond motifs is 1. The highest BCUT2D eigenvalue weighted by Crippen LogP contribution is 2.32. The summed E-state index contributed by atoms with van der Waals surface area (Å²) in [5.41, 5.74) is 0.491. The third-order valence-corrected chi connectivity index (χ3v) is 8.24. The second kappa shape index (κ2) is 10.1. The Bertz CT molecular complexity index is 1640. The van der Waals surface area contributed by atoms with Crippen LogP contribution >= 0.6 is 0 Å². The molecule has 0 unspecified atom stereocenters. The molecule has 4 heterocycles. The van der Waals surface area contributed by atoms with Crippen molar-refractivity contribution in [2.75, 3.05) is 6.54 Å². The van der Waals surface area contributed by atoms with Gasteiger partial charge in [0, 0.05) is 48.1 Å². The van der Waals surface area contributed by atoms with Crippen LogP contribution in [0.25, 0.3) is 22.2 Å². The Kier molecular flexibility index (Phi) is 6.99. The van der Waals surface area contributed by atoms with Gasteiger partial charge in [-0.2, -0.15) is 17.5 Å². The van der Waals surface area contributed by atoms with E-state index >= 15 is 0 Å². The Hall–Kier alpha value is -3.68. The van der Waals surface area contributed by atoms with Crippen molar-refractivity contribution < 1.29 is 40.3 Å². The van der Waals surface area contributed by atoms with Crippen molar-refractivity contribution in [3.8, 4) is 11.3 Å². The van der Waals surface area contributed by atoms with Crippen molar-refractivity contribution in [1.29, 1.82) is 0 Å². The van der Waals surface area contributed by atoms with Crippen LogP contribution in [0.5, 0.6) is 0 Å². The second-order valence-corrected chi connectivity index (χ2v) is 10.9. The first-order valence-corrected chi connectivity index (χ1v) is 13.3. The standard InChI is InChI=1S/C26H21F4N3O5S/c27-18-2-6-23-16(11-18)13-24(38-23)39(36,37)33-10-8-22(35)25(33)21(34)5-3-19-12-15(7-9-31-19)20-4-1-17(14-32-20)26(28,29)30/h1-2,4,6-7,9,11-14,22,25,35H,3,5,8,10H2/t22-,25+/m0/s1. The lowest BCUT2D eigenvalue weighted by Gasteiger charge is -2.23. The minimum absolute atomic E-state index is 0.0395. The van der Waals surface area contributed by atoms with Crippen molar-refractivity contribution in [3.63, 3.8) is 0 Å². The lowest BCUT2D eigenvalue weighted by Crippen LogP contribution is -2.45. The summed E-state index contributed by atoms with van der Waals surface area (Å²) in [6, 6.07) is 8.67. The monoisotopic (exact) mass is 563 g/mol. The number of halogens is 4. The SMILES string of the molecule is O=C(CCc1cc(-c2ccc(C(F)(F)F)cn2)ccn1)[C@@H]1[C@@H](O)CCN1S(=O)(=O)c1cc2cc(F)ccc2o1. The maximum absolute atomic E-state index is 13.5. The zero-order chi connectivity index (χ0) is 27.9. The van der Waals surface area contributed by atoms with Crippen molar-refractivity contribution >= 4 is 26.8 Å². The molecular weight excluding hydrogens is 542 g/mol. The molecule has 1 N–H and O–H groups in total. The molecule has 1 aliphatic heterocycles. The predicted octanol–water partition coefficient (Wildman–Crippen LogP) is 4.37. The van der Waals surface area contributed by atoms with Gasteiger partial charge in [0.05, 0.1) is 17.4 Å². The fourth-order valence-electron chi connectivity index (χ4n) is 4.53. The van der Waals surface area contributed by atoms with Crippen molar-refractivity contribution in [3.05, 3.63) is 78.0 Å². The van der Waals surface area contributed by atoms with Crippen LogP contribution in [-0.4, -0.2) is 52.3 Å². The fraction of sp³-hybridized carbons (Fsp3) is 0.269. The maximum Gasteiger partial charge on any atom is 0.417 e. The number of Topliss-reactive ketones (excluding diaryl/α,β-unsaturated/α-hetero) is 1. The number of aromatic nitrogens is 2. The molecule has 39 heavy (non-hydrogen) atoms. The highest BCUT2D eigenvalue weighted by molar-refractivity contribution is 7.89. The molecule has 0 spiro atoms. The Labute approximate surface area is 220 Å². The summed E-state index contributed by atoms with van der Waals surface area (Å²) in [6.45, 7) is -0.112. The minimum Gasteiger partial charge on any atom is -0.443 e. The van der Waals surface area contributed by atoms with Gasteiger partial charge in [-0.3, -0.25) is 14.8 Å². The van der Waals surface area contributed by atoms with Crippen LogP contribution in [-0.2, 0) is 27.4 Å². The molecule has 0 saturated carbocycles. The summed E-state index contributed by atoms with van der Waals surface area (Å²) in [6.07, 6.45) is -3.61. The summed E-state index contributed by atoms with van der Waals surface area (Å²) in [7, 11) is -4.32. The van der Waals surface area contributed by atoms with Crippen LogP contribution in [0, 0.1) is 5.82 Å². The van der Waals surface area contributed by atoms with E-state index in [0.29, 0.717) is 11.3 Å². The molecular formula is C26H21F4N3O5S. The number of carbonyl (C=O) groups is 1. The predicted molar refractivity (Wildman–Crippen MR) is 130 cm³/mol. The largest absolute Gasteiger partial charge is 0.443 e. The number of benzene rings is 1. The topological polar surface area (TPSA) is 114 Å². The zero-order valence-corrected chi connectivity index (χ0v) is 20.9. The average molecular weight is 564 g/mol. The van der Waals surface area contributed by atoms with Crippen molar-refractivity contribution in [1.82, 2.24) is 14.3 Å². The smallest absolute Gasteiger partial charge is 0.417 e. The third-order valence-electron chi connectivity index (χ3n) is 6.50. The molecule has 1 saturated heterocycles. The number of pyridine rings is 2. The molecule has 13 heteroatoms. The highest BCUT2D eigenvalue weighted by Gasteiger charge is 2.45. The number of carbonyl (C=O) groups excluding carboxylic acids is 1. The number of hydrogen-bond acceptors (Lipinski definition) is 7. The van der Waals surface area contributed by atoms with Gasteiger partial charge in [0.15, 0.2) is 5.78 Å². The van der Waals surface area contributed by atoms with Gasteiger partial charge in [0.25, 0.3) is 10.0 Å². The molecule has 8 nitrogen and oxygen atoms in total. The van der Waals surface area contributed by atoms with E-state index < -0.39 is 50.6 Å². The first kappa shape index (κ1) is 26.9. The van der Waals surface area contributed by atoms with Crippen LogP contribution in [0.1, 0.15) is 24.1 Å². The van der Waals surface area contributed by atoms with Crippen LogP contribution in [0.3, 0.4) is 0 Å². The highest BCUT2D eigenvalue weighted by atomic mass is 32.2. The Morgan fingerprint density at radius 3 is 2.62 bits per heavy atom. The number of hydrogen-bond donors (Lipinski definition) is 1. The van der Waals surface area contributed by atoms with E-state index in [9.17, 15) is 35.9 Å². The molecule has 2 atom stereocenters. The number of aryl methyl sites for hydroxylation is 1. The number of aliphatic hydroxyl groups is 1. The van der Waals surface area contributed by atoms with Gasteiger partial charge in [-0.15, -0.1) is 0 Å². The molecule has 5 rings (SSSR count). The summed E-state index contributed by atoms with van der Waals surface area (Å²) in [4.78, 5) is 21.2. The molecule has 1 aromatic carbocycles. The Balaban J connectivity index is 1.31. The fourth-order valence-corrected chi connectivity index (χ4v) is 6.14. The summed E-state index contributed by atoms with van der Waals surface area (Å²) < 4.78 is 84.9. The normalized spacial score (nSPS) is 18.6. The van der Waals surface area contributed by atoms with E-state index in [2.05, 4.69) is 9.97 Å². The molecule has 0 radical (unpaired) electrons. The van der Waals surface area contributed by atoms with Crippen LogP contribution in [0.4, 0.5) is 17.6 Å². The Morgan fingerprint density at radius 2 is 1.90 bits per heavy atom. The van der Waals surface area contributed by atoms with Crippen LogP contribution in [0.2, 0.25) is 0 Å². The van der Waals surface area contributed by atoms with E-state index in [4.69, 9.17) is 4.42 Å². The molecule has 0 amide bonds. The van der Waals surface area contributed by atoms with Gasteiger partial charge in [0.1, 0.15) is 17.4 Å². The number of aliphatic hydroxyl groups excluding tert-OH is 1. The van der Waals surface area contributed by atoms with Gasteiger partial charge in [-0.05, 0) is 55.3 Å². The number of sulfonamides is 1. The van der Waals surface area contributed by atoms with E-state index in [1.807, 2.05) is 0 Å². The van der Waals surface area contributed by atoms with Gasteiger partial charge in [-0.1, -0.05) is 0 Å². The summed E-state index contributed by atoms with van der Waals surface area (Å²) >= 11 is 0. The Morgan fingerprint density at radius 1 is 1.10 bits per heavy atom. The molecule has 1 fully saturated rings. The molecule has 0 bridgehead atoms. The first-order chi connectivity index (χ1) is 18.4. The summed E-state index contributed by atoms with van der Waals surface area (Å²) in [5, 5.41) is 10.3. The first-order valence-electron chi connectivity index (χ1n) is 11.8. The molecule has 4 aromatic rings. The zero-order valence-electron chi connectivity index (χ0n) is 20.1. The van der Waals surface area contributed by atoms with Crippen LogP contribution < -0.4 is 0 Å². The lowest BCUT2D eigenvalue weighted by molar-refractivity contribution is -0.137. The maximum atomic E-state index is 13.5. The summed E-state index contributed by atoms with van der Waals surface area (Å²) in [5.74, 6) is -1.10. The van der Waals surface area contributed by atoms with Gasteiger partial charge < -0.3 is 9.52 Å². The molecule has 0 aliphatic carbocycles. The number of ketones is 1. The lowest BCUT2D eigenvalue weighted by atomic mass is 10.0. The second-order valence-electron chi connectivity index (χ2n) is 9.10. The van der Waals surface area contributed by atoms with Crippen molar-refractivity contribution in [2.24, 2.45) is 0 Å². The minimum atomic E-state index is -4.51. The van der Waals surface area contributed by atoms with Gasteiger partial charge in [0.2, 0.25) is 5.09 Å². The average Bonchev–Trinajstić information content (AvgIpc) is 3.51. The number of alkyl halides is 3. The van der Waals surface area contributed by atoms with E-state index in [1.54, 1.807) is 12.1 Å². The third kappa shape index (κ3) is 5.42. The number of nitrogens with zero attached hydrogens (tertiary/aromatic N) is 3. The van der Waals surface area contributed by atoms with Gasteiger partial charge in [-0.25, -0.2) is 12.8 Å². The molecule has 204 valence electrons. The van der Waals surface area contributed by atoms with E-state index in [0.717, 1.165) is 28.7 Å². The number of furan rings is 1. The van der Waals surface area contributed by atoms with Crippen LogP contribution in [0.15, 0.2) is 70.4 Å². The molecule has 3 aromatic heterocycles. The molecule has 1 aliphatic rings. The van der Waals surface area contributed by atoms with E-state index in [-0.39, 0.29) is 42.5 Å². The van der Waals surface area contributed by atoms with E-state index in [1.165, 1.54) is 24.4 Å². The number of rotatable bonds is 7.